The van der Waals surface area contributed by atoms with Gasteiger partial charge >= 0.3 is 0 Å². The minimum Gasteiger partial charge on any atom is -0.378 e. The highest BCUT2D eigenvalue weighted by Crippen LogP contribution is 2.28. The van der Waals surface area contributed by atoms with Gasteiger partial charge in [-0.1, -0.05) is 0 Å². The van der Waals surface area contributed by atoms with Crippen molar-refractivity contribution in [2.75, 3.05) is 19.0 Å². The molecule has 4 rings (SSSR count). The van der Waals surface area contributed by atoms with Crippen LogP contribution >= 0.6 is 0 Å². The third-order valence-corrected chi connectivity index (χ3v) is 4.46. The molecule has 0 bridgehead atoms. The lowest BCUT2D eigenvalue weighted by Gasteiger charge is -2.12. The smallest absolute Gasteiger partial charge is 0.194 e. The molecular formula is C20H19N5O. The predicted octanol–water partition coefficient (Wildman–Crippen LogP) is 3.26. The van der Waals surface area contributed by atoms with Crippen LogP contribution in [0.25, 0.3) is 22.2 Å². The molecule has 0 spiro atoms. The zero-order valence-corrected chi connectivity index (χ0v) is 14.9. The first kappa shape index (κ1) is 16.1. The van der Waals surface area contributed by atoms with Crippen LogP contribution in [0.1, 0.15) is 15.9 Å². The van der Waals surface area contributed by atoms with E-state index in [0.29, 0.717) is 11.1 Å². The number of carbonyl (C=O) groups excluding carboxylic acids is 1. The number of nitrogens with one attached hydrogen (secondary N) is 1. The molecule has 3 heterocycles. The van der Waals surface area contributed by atoms with Crippen LogP contribution < -0.4 is 4.90 Å². The van der Waals surface area contributed by atoms with Crippen molar-refractivity contribution >= 4 is 22.5 Å². The Morgan fingerprint density at radius 2 is 1.88 bits per heavy atom. The second-order valence-electron chi connectivity index (χ2n) is 6.50. The molecule has 6 heteroatoms. The number of anilines is 1. The summed E-state index contributed by atoms with van der Waals surface area (Å²) in [5, 5.41) is 5.13. The van der Waals surface area contributed by atoms with E-state index in [-0.39, 0.29) is 5.78 Å². The first-order valence-corrected chi connectivity index (χ1v) is 8.31. The molecule has 1 aromatic carbocycles. The van der Waals surface area contributed by atoms with Gasteiger partial charge in [-0.25, -0.2) is 4.98 Å². The summed E-state index contributed by atoms with van der Waals surface area (Å²) in [5.41, 5.74) is 5.00. The molecule has 3 aromatic heterocycles. The Labute approximate surface area is 151 Å². The van der Waals surface area contributed by atoms with Crippen molar-refractivity contribution in [3.63, 3.8) is 0 Å². The summed E-state index contributed by atoms with van der Waals surface area (Å²) in [4.78, 5) is 22.4. The summed E-state index contributed by atoms with van der Waals surface area (Å²) in [6, 6.07) is 9.47. The molecule has 0 unspecified atom stereocenters. The fraction of sp³-hybridized carbons (Fsp3) is 0.150. The van der Waals surface area contributed by atoms with E-state index in [1.807, 2.05) is 68.8 Å². The summed E-state index contributed by atoms with van der Waals surface area (Å²) in [7, 11) is 5.82. The number of rotatable bonds is 4. The lowest BCUT2D eigenvalue weighted by molar-refractivity contribution is 0.103. The van der Waals surface area contributed by atoms with Crippen molar-refractivity contribution in [1.82, 2.24) is 19.7 Å². The average Bonchev–Trinajstić information content (AvgIpc) is 3.26. The summed E-state index contributed by atoms with van der Waals surface area (Å²) >= 11 is 0. The monoisotopic (exact) mass is 345 g/mol. The molecular weight excluding hydrogens is 326 g/mol. The number of benzene rings is 1. The third kappa shape index (κ3) is 2.75. The molecule has 130 valence electrons. The van der Waals surface area contributed by atoms with Gasteiger partial charge in [0, 0.05) is 73.1 Å². The van der Waals surface area contributed by atoms with Crippen LogP contribution in [-0.2, 0) is 7.05 Å². The van der Waals surface area contributed by atoms with E-state index < -0.39 is 0 Å². The Kier molecular flexibility index (Phi) is 3.80. The summed E-state index contributed by atoms with van der Waals surface area (Å²) in [6.45, 7) is 0. The fourth-order valence-corrected chi connectivity index (χ4v) is 3.00. The van der Waals surface area contributed by atoms with Gasteiger partial charge in [-0.05, 0) is 30.3 Å². The van der Waals surface area contributed by atoms with Crippen LogP contribution in [0.3, 0.4) is 0 Å². The molecule has 26 heavy (non-hydrogen) atoms. The van der Waals surface area contributed by atoms with E-state index in [9.17, 15) is 4.79 Å². The number of hydrogen-bond acceptors (Lipinski definition) is 4. The largest absolute Gasteiger partial charge is 0.378 e. The Hall–Kier alpha value is -3.41. The molecule has 1 N–H and O–H groups in total. The van der Waals surface area contributed by atoms with Crippen LogP contribution in [-0.4, -0.2) is 39.6 Å². The SMILES string of the molecule is CN(C)c1ccc(C(=O)c2cnc3[nH]cc(-c4cnn(C)c4)c3c2)cc1. The van der Waals surface area contributed by atoms with Gasteiger partial charge in [0.1, 0.15) is 5.65 Å². The van der Waals surface area contributed by atoms with Crippen molar-refractivity contribution in [3.05, 3.63) is 66.2 Å². The van der Waals surface area contributed by atoms with Gasteiger partial charge in [-0.15, -0.1) is 0 Å². The highest BCUT2D eigenvalue weighted by Gasteiger charge is 2.14. The molecule has 0 amide bonds. The summed E-state index contributed by atoms with van der Waals surface area (Å²) in [5.74, 6) is -0.0388. The van der Waals surface area contributed by atoms with Gasteiger partial charge in [-0.3, -0.25) is 9.48 Å². The summed E-state index contributed by atoms with van der Waals surface area (Å²) in [6.07, 6.45) is 7.26. The standard InChI is InChI=1S/C20H19N5O/c1-24(2)16-6-4-13(5-7-16)19(26)14-8-17-18(11-22-20(17)21-9-14)15-10-23-25(3)12-15/h4-12H,1-3H3,(H,21,22). The Balaban J connectivity index is 1.73. The maximum absolute atomic E-state index is 12.9. The van der Waals surface area contributed by atoms with E-state index in [4.69, 9.17) is 0 Å². The number of aromatic nitrogens is 4. The van der Waals surface area contributed by atoms with E-state index in [0.717, 1.165) is 27.8 Å². The average molecular weight is 345 g/mol. The van der Waals surface area contributed by atoms with Crippen molar-refractivity contribution in [2.45, 2.75) is 0 Å². The van der Waals surface area contributed by atoms with Crippen LogP contribution in [0, 0.1) is 0 Å². The molecule has 0 atom stereocenters. The number of pyridine rings is 1. The second-order valence-corrected chi connectivity index (χ2v) is 6.50. The van der Waals surface area contributed by atoms with Crippen LogP contribution in [0.5, 0.6) is 0 Å². The second kappa shape index (κ2) is 6.15. The number of carbonyl (C=O) groups is 1. The van der Waals surface area contributed by atoms with Crippen LogP contribution in [0.2, 0.25) is 0 Å². The van der Waals surface area contributed by atoms with E-state index >= 15 is 0 Å². The van der Waals surface area contributed by atoms with Crippen molar-refractivity contribution < 1.29 is 4.79 Å². The Morgan fingerprint density at radius 3 is 2.54 bits per heavy atom. The van der Waals surface area contributed by atoms with Gasteiger partial charge in [0.15, 0.2) is 5.78 Å². The summed E-state index contributed by atoms with van der Waals surface area (Å²) < 4.78 is 1.75. The first-order chi connectivity index (χ1) is 12.5. The van der Waals surface area contributed by atoms with Crippen molar-refractivity contribution in [2.24, 2.45) is 7.05 Å². The zero-order valence-electron chi connectivity index (χ0n) is 14.9. The fourth-order valence-electron chi connectivity index (χ4n) is 3.00. The van der Waals surface area contributed by atoms with Crippen LogP contribution in [0.15, 0.2) is 55.1 Å². The molecule has 4 aromatic rings. The molecule has 0 saturated heterocycles. The molecule has 6 nitrogen and oxygen atoms in total. The van der Waals surface area contributed by atoms with Gasteiger partial charge in [0.05, 0.1) is 6.20 Å². The number of H-pyrrole nitrogens is 1. The predicted molar refractivity (Wildman–Crippen MR) is 102 cm³/mol. The maximum atomic E-state index is 12.9. The first-order valence-electron chi connectivity index (χ1n) is 8.31. The minimum atomic E-state index is -0.0388. The maximum Gasteiger partial charge on any atom is 0.194 e. The number of ketones is 1. The van der Waals surface area contributed by atoms with Crippen molar-refractivity contribution in [3.8, 4) is 11.1 Å². The Bertz CT molecular complexity index is 1090. The molecule has 0 aliphatic rings. The molecule has 0 fully saturated rings. The minimum absolute atomic E-state index is 0.0388. The van der Waals surface area contributed by atoms with E-state index in [1.54, 1.807) is 17.1 Å². The highest BCUT2D eigenvalue weighted by atomic mass is 16.1. The lowest BCUT2D eigenvalue weighted by atomic mass is 10.0. The molecule has 0 saturated carbocycles. The number of aryl methyl sites for hydroxylation is 1. The topological polar surface area (TPSA) is 66.8 Å². The van der Waals surface area contributed by atoms with Gasteiger partial charge in [0.25, 0.3) is 0 Å². The number of hydrogen-bond donors (Lipinski definition) is 1. The Morgan fingerprint density at radius 1 is 1.12 bits per heavy atom. The zero-order chi connectivity index (χ0) is 18.3. The van der Waals surface area contributed by atoms with Crippen LogP contribution in [0.4, 0.5) is 5.69 Å². The normalized spacial score (nSPS) is 11.0. The van der Waals surface area contributed by atoms with E-state index in [2.05, 4.69) is 15.1 Å². The lowest BCUT2D eigenvalue weighted by Crippen LogP contribution is -2.09. The highest BCUT2D eigenvalue weighted by molar-refractivity contribution is 6.11. The van der Waals surface area contributed by atoms with Gasteiger partial charge in [-0.2, -0.15) is 5.10 Å². The quantitative estimate of drug-likeness (QED) is 0.577. The molecule has 0 radical (unpaired) electrons. The third-order valence-electron chi connectivity index (χ3n) is 4.46. The number of aromatic amines is 1. The van der Waals surface area contributed by atoms with Gasteiger partial charge < -0.3 is 9.88 Å². The van der Waals surface area contributed by atoms with Crippen molar-refractivity contribution in [1.29, 1.82) is 0 Å². The molecule has 0 aliphatic heterocycles. The van der Waals surface area contributed by atoms with E-state index in [1.165, 1.54) is 0 Å². The number of nitrogens with zero attached hydrogens (tertiary/aromatic N) is 4. The number of fused-ring (bicyclic) bond motifs is 1. The molecule has 0 aliphatic carbocycles. The van der Waals surface area contributed by atoms with Gasteiger partial charge in [0.2, 0.25) is 0 Å².